The Morgan fingerprint density at radius 1 is 0.742 bits per heavy atom. The molecule has 3 unspecified atom stereocenters. The first-order valence-corrected chi connectivity index (χ1v) is 14.1. The van der Waals surface area contributed by atoms with Gasteiger partial charge < -0.3 is 4.74 Å². The van der Waals surface area contributed by atoms with Gasteiger partial charge in [0, 0.05) is 12.5 Å². The van der Waals surface area contributed by atoms with Gasteiger partial charge >= 0.3 is 0 Å². The van der Waals surface area contributed by atoms with E-state index in [1.165, 1.54) is 96.3 Å². The molecule has 1 nitrogen and oxygen atoms in total. The Hall–Kier alpha value is -0.480. The first-order valence-electron chi connectivity index (χ1n) is 14.1. The summed E-state index contributed by atoms with van der Waals surface area (Å²) in [5.74, 6) is 4.81. The predicted molar refractivity (Wildman–Crippen MR) is 140 cm³/mol. The number of rotatable bonds is 22. The van der Waals surface area contributed by atoms with Gasteiger partial charge in [-0.3, -0.25) is 0 Å². The quantitative estimate of drug-likeness (QED) is 0.154. The second-order valence-corrected chi connectivity index (χ2v) is 10.4. The summed E-state index contributed by atoms with van der Waals surface area (Å²) in [6.07, 6.45) is 26.6. The summed E-state index contributed by atoms with van der Waals surface area (Å²) in [5.41, 5.74) is 0.424. The van der Waals surface area contributed by atoms with Gasteiger partial charge in [0.15, 0.2) is 0 Å². The van der Waals surface area contributed by atoms with Crippen LogP contribution >= 0.6 is 0 Å². The minimum atomic E-state index is 0.424. The van der Waals surface area contributed by atoms with Crippen LogP contribution in [0.5, 0.6) is 0 Å². The molecule has 0 saturated heterocycles. The summed E-state index contributed by atoms with van der Waals surface area (Å²) in [5, 5.41) is 0. The molecule has 0 aromatic carbocycles. The summed E-state index contributed by atoms with van der Waals surface area (Å²) >= 11 is 0. The van der Waals surface area contributed by atoms with Crippen molar-refractivity contribution in [3.63, 3.8) is 0 Å². The normalized spacial score (nSPS) is 14.9. The molecule has 0 aliphatic rings. The molecule has 0 aromatic rings. The lowest BCUT2D eigenvalue weighted by Crippen LogP contribution is -2.29. The van der Waals surface area contributed by atoms with E-state index >= 15 is 0 Å². The smallest absolute Gasteiger partial charge is 0.0522 e. The second kappa shape index (κ2) is 20.1. The van der Waals surface area contributed by atoms with Crippen LogP contribution < -0.4 is 0 Å². The Balaban J connectivity index is 4.79. The van der Waals surface area contributed by atoms with E-state index in [2.05, 4.69) is 47.5 Å². The van der Waals surface area contributed by atoms with E-state index in [-0.39, 0.29) is 0 Å². The molecular weight excluding hydrogens is 376 g/mol. The van der Waals surface area contributed by atoms with Crippen molar-refractivity contribution in [1.29, 1.82) is 0 Å². The van der Waals surface area contributed by atoms with Crippen molar-refractivity contribution < 1.29 is 4.74 Å². The van der Waals surface area contributed by atoms with Crippen LogP contribution in [0.25, 0.3) is 0 Å². The van der Waals surface area contributed by atoms with Crippen LogP contribution in [0.2, 0.25) is 0 Å². The lowest BCUT2D eigenvalue weighted by molar-refractivity contribution is 0.00354. The molecule has 0 aromatic heterocycles. The van der Waals surface area contributed by atoms with Crippen LogP contribution in [-0.2, 0) is 4.74 Å². The predicted octanol–water partition coefficient (Wildman–Crippen LogP) is 9.83. The number of hydrogen-bond acceptors (Lipinski definition) is 1. The molecule has 0 bridgehead atoms. The summed E-state index contributed by atoms with van der Waals surface area (Å²) in [6.45, 7) is 15.8. The van der Waals surface area contributed by atoms with Crippen molar-refractivity contribution in [2.24, 2.45) is 23.2 Å². The molecule has 0 rings (SSSR count). The maximum atomic E-state index is 6.56. The van der Waals surface area contributed by atoms with E-state index in [4.69, 9.17) is 11.2 Å². The highest BCUT2D eigenvalue weighted by Crippen LogP contribution is 2.37. The first-order chi connectivity index (χ1) is 15.0. The Morgan fingerprint density at radius 2 is 1.26 bits per heavy atom. The standard InChI is InChI=1S/C30H58O/c1-8-14-20-28(21-18-19-27(7)29(12-5)13-6)25-31-26-30(22-15-9-2,23-16-10-3)24-17-11-4/h5,27-29H,8-11,13-26H2,1-4,6-7H3. The van der Waals surface area contributed by atoms with Crippen molar-refractivity contribution in [1.82, 2.24) is 0 Å². The maximum Gasteiger partial charge on any atom is 0.0522 e. The van der Waals surface area contributed by atoms with E-state index in [1.54, 1.807) is 0 Å². The van der Waals surface area contributed by atoms with E-state index < -0.39 is 0 Å². The molecule has 0 aliphatic heterocycles. The molecule has 1 heteroatoms. The third-order valence-electron chi connectivity index (χ3n) is 7.52. The Bertz CT molecular complexity index is 399. The average molecular weight is 435 g/mol. The van der Waals surface area contributed by atoms with Gasteiger partial charge in [0.25, 0.3) is 0 Å². The lowest BCUT2D eigenvalue weighted by Gasteiger charge is -2.35. The van der Waals surface area contributed by atoms with Gasteiger partial charge in [-0.25, -0.2) is 0 Å². The van der Waals surface area contributed by atoms with Gasteiger partial charge in [-0.15, -0.1) is 12.3 Å². The van der Waals surface area contributed by atoms with Crippen molar-refractivity contribution in [2.75, 3.05) is 13.2 Å². The van der Waals surface area contributed by atoms with Crippen molar-refractivity contribution in [3.8, 4) is 12.3 Å². The average Bonchev–Trinajstić information content (AvgIpc) is 2.78. The summed E-state index contributed by atoms with van der Waals surface area (Å²) in [6, 6.07) is 0. The molecule has 0 heterocycles. The molecule has 0 N–H and O–H groups in total. The van der Waals surface area contributed by atoms with E-state index in [1.807, 2.05) is 0 Å². The summed E-state index contributed by atoms with van der Waals surface area (Å²) in [4.78, 5) is 0. The van der Waals surface area contributed by atoms with Gasteiger partial charge in [0.1, 0.15) is 0 Å². The Kier molecular flexibility index (Phi) is 19.8. The third-order valence-corrected chi connectivity index (χ3v) is 7.52. The number of hydrogen-bond donors (Lipinski definition) is 0. The summed E-state index contributed by atoms with van der Waals surface area (Å²) < 4.78 is 6.56. The lowest BCUT2D eigenvalue weighted by atomic mass is 9.75. The minimum Gasteiger partial charge on any atom is -0.381 e. The fourth-order valence-corrected chi connectivity index (χ4v) is 5.11. The molecule has 0 spiro atoms. The van der Waals surface area contributed by atoms with Crippen molar-refractivity contribution >= 4 is 0 Å². The van der Waals surface area contributed by atoms with Crippen LogP contribution in [0.4, 0.5) is 0 Å². The zero-order chi connectivity index (χ0) is 23.4. The van der Waals surface area contributed by atoms with Crippen LogP contribution in [-0.4, -0.2) is 13.2 Å². The van der Waals surface area contributed by atoms with Gasteiger partial charge in [-0.2, -0.15) is 0 Å². The molecular formula is C30H58O. The Labute approximate surface area is 197 Å². The van der Waals surface area contributed by atoms with E-state index in [9.17, 15) is 0 Å². The highest BCUT2D eigenvalue weighted by Gasteiger charge is 2.29. The van der Waals surface area contributed by atoms with Crippen LogP contribution in [0.15, 0.2) is 0 Å². The molecule has 0 saturated carbocycles. The third kappa shape index (κ3) is 14.3. The zero-order valence-corrected chi connectivity index (χ0v) is 22.4. The monoisotopic (exact) mass is 434 g/mol. The SMILES string of the molecule is C#CC(CC)C(C)CCCC(CCCC)COCC(CCCC)(CCCC)CCCC. The topological polar surface area (TPSA) is 9.23 Å². The minimum absolute atomic E-state index is 0.424. The molecule has 31 heavy (non-hydrogen) atoms. The highest BCUT2D eigenvalue weighted by molar-refractivity contribution is 4.94. The van der Waals surface area contributed by atoms with Gasteiger partial charge in [0.2, 0.25) is 0 Å². The zero-order valence-electron chi connectivity index (χ0n) is 22.4. The van der Waals surface area contributed by atoms with Crippen molar-refractivity contribution in [2.45, 2.75) is 144 Å². The number of terminal acetylenes is 1. The molecule has 0 amide bonds. The van der Waals surface area contributed by atoms with E-state index in [0.717, 1.165) is 25.6 Å². The van der Waals surface area contributed by atoms with Gasteiger partial charge in [0.05, 0.1) is 6.61 Å². The van der Waals surface area contributed by atoms with Gasteiger partial charge in [-0.05, 0) is 62.2 Å². The fraction of sp³-hybridized carbons (Fsp3) is 0.933. The van der Waals surface area contributed by atoms with Crippen LogP contribution in [0.3, 0.4) is 0 Å². The fourth-order valence-electron chi connectivity index (χ4n) is 5.11. The highest BCUT2D eigenvalue weighted by atomic mass is 16.5. The Morgan fingerprint density at radius 3 is 1.71 bits per heavy atom. The number of unbranched alkanes of at least 4 members (excludes halogenated alkanes) is 4. The first kappa shape index (κ1) is 30.5. The largest absolute Gasteiger partial charge is 0.381 e. The number of ether oxygens (including phenoxy) is 1. The molecule has 0 fully saturated rings. The maximum absolute atomic E-state index is 6.56. The second-order valence-electron chi connectivity index (χ2n) is 10.4. The van der Waals surface area contributed by atoms with Crippen LogP contribution in [0.1, 0.15) is 144 Å². The molecule has 184 valence electrons. The summed E-state index contributed by atoms with van der Waals surface area (Å²) in [7, 11) is 0. The van der Waals surface area contributed by atoms with Crippen molar-refractivity contribution in [3.05, 3.63) is 0 Å². The molecule has 3 atom stereocenters. The van der Waals surface area contributed by atoms with Crippen LogP contribution in [0, 0.1) is 35.5 Å². The molecule has 0 radical (unpaired) electrons. The molecule has 0 aliphatic carbocycles. The van der Waals surface area contributed by atoms with E-state index in [0.29, 0.717) is 17.3 Å². The van der Waals surface area contributed by atoms with Gasteiger partial charge in [-0.1, -0.05) is 99.3 Å².